The van der Waals surface area contributed by atoms with Gasteiger partial charge in [0.05, 0.1) is 6.26 Å². The molecule has 1 aliphatic rings. The molecule has 3 nitrogen and oxygen atoms in total. The lowest BCUT2D eigenvalue weighted by Crippen LogP contribution is -2.46. The summed E-state index contributed by atoms with van der Waals surface area (Å²) in [4.78, 5) is 0. The highest BCUT2D eigenvalue weighted by Crippen LogP contribution is 2.30. The molecule has 0 bridgehead atoms. The highest BCUT2D eigenvalue weighted by molar-refractivity contribution is 4.98. The Morgan fingerprint density at radius 3 is 3.11 bits per heavy atom. The summed E-state index contributed by atoms with van der Waals surface area (Å²) in [5, 5.41) is 7.18. The minimum absolute atomic E-state index is 0.482. The fourth-order valence-corrected chi connectivity index (χ4v) is 3.03. The van der Waals surface area contributed by atoms with E-state index in [1.165, 1.54) is 38.8 Å². The van der Waals surface area contributed by atoms with E-state index in [1.54, 1.807) is 6.26 Å². The van der Waals surface area contributed by atoms with E-state index in [9.17, 15) is 0 Å². The Labute approximate surface area is 110 Å². The van der Waals surface area contributed by atoms with Crippen molar-refractivity contribution in [1.29, 1.82) is 0 Å². The largest absolute Gasteiger partial charge is 0.469 e. The number of hydrogen-bond donors (Lipinski definition) is 2. The lowest BCUT2D eigenvalue weighted by atomic mass is 9.77. The molecule has 0 aliphatic carbocycles. The minimum Gasteiger partial charge on any atom is -0.469 e. The molecule has 0 aromatic carbocycles. The average molecular weight is 250 g/mol. The van der Waals surface area contributed by atoms with Gasteiger partial charge in [0.25, 0.3) is 0 Å². The fraction of sp³-hybridized carbons (Fsp3) is 0.733. The van der Waals surface area contributed by atoms with Crippen molar-refractivity contribution in [2.45, 2.75) is 39.0 Å². The molecule has 1 unspecified atom stereocenters. The summed E-state index contributed by atoms with van der Waals surface area (Å²) in [6.07, 6.45) is 8.03. The summed E-state index contributed by atoms with van der Waals surface area (Å²) >= 11 is 0. The Kier molecular flexibility index (Phi) is 5.26. The predicted octanol–water partition coefficient (Wildman–Crippen LogP) is 2.58. The lowest BCUT2D eigenvalue weighted by Gasteiger charge is -2.38. The van der Waals surface area contributed by atoms with Crippen molar-refractivity contribution in [3.8, 4) is 0 Å². The third kappa shape index (κ3) is 3.85. The molecule has 1 aliphatic heterocycles. The number of rotatable bonds is 7. The first-order chi connectivity index (χ1) is 8.85. The first kappa shape index (κ1) is 13.6. The molecule has 0 radical (unpaired) electrons. The van der Waals surface area contributed by atoms with Gasteiger partial charge < -0.3 is 15.1 Å². The van der Waals surface area contributed by atoms with Crippen molar-refractivity contribution in [2.75, 3.05) is 26.2 Å². The zero-order valence-corrected chi connectivity index (χ0v) is 11.5. The van der Waals surface area contributed by atoms with Crippen LogP contribution in [0.1, 0.15) is 38.4 Å². The van der Waals surface area contributed by atoms with Crippen LogP contribution in [0.3, 0.4) is 0 Å². The van der Waals surface area contributed by atoms with E-state index in [-0.39, 0.29) is 0 Å². The van der Waals surface area contributed by atoms with Crippen LogP contribution in [0.5, 0.6) is 0 Å². The maximum Gasteiger partial charge on any atom is 0.105 e. The first-order valence-corrected chi connectivity index (χ1v) is 7.28. The summed E-state index contributed by atoms with van der Waals surface area (Å²) in [6, 6.07) is 4.00. The first-order valence-electron chi connectivity index (χ1n) is 7.28. The summed E-state index contributed by atoms with van der Waals surface area (Å²) in [7, 11) is 0. The van der Waals surface area contributed by atoms with E-state index in [2.05, 4.69) is 17.6 Å². The van der Waals surface area contributed by atoms with Gasteiger partial charge in [-0.3, -0.25) is 0 Å². The van der Waals surface area contributed by atoms with Crippen LogP contribution >= 0.6 is 0 Å². The normalized spacial score (nSPS) is 24.3. The third-order valence-corrected chi connectivity index (χ3v) is 3.97. The van der Waals surface area contributed by atoms with Gasteiger partial charge in [0, 0.05) is 26.1 Å². The van der Waals surface area contributed by atoms with Crippen LogP contribution in [0.25, 0.3) is 0 Å². The Balaban J connectivity index is 1.72. The quantitative estimate of drug-likeness (QED) is 0.730. The number of hydrogen-bond acceptors (Lipinski definition) is 3. The Morgan fingerprint density at radius 1 is 1.50 bits per heavy atom. The van der Waals surface area contributed by atoms with Gasteiger partial charge in [0.1, 0.15) is 5.76 Å². The summed E-state index contributed by atoms with van der Waals surface area (Å²) < 4.78 is 5.35. The van der Waals surface area contributed by atoms with Gasteiger partial charge in [-0.1, -0.05) is 13.3 Å². The molecule has 18 heavy (non-hydrogen) atoms. The topological polar surface area (TPSA) is 37.2 Å². The van der Waals surface area contributed by atoms with Crippen molar-refractivity contribution < 1.29 is 4.42 Å². The summed E-state index contributed by atoms with van der Waals surface area (Å²) in [6.45, 7) is 6.80. The Bertz CT molecular complexity index is 310. The molecule has 102 valence electrons. The molecule has 3 heteroatoms. The van der Waals surface area contributed by atoms with Crippen LogP contribution in [0.15, 0.2) is 22.8 Å². The molecule has 2 heterocycles. The van der Waals surface area contributed by atoms with Crippen molar-refractivity contribution >= 4 is 0 Å². The number of furan rings is 1. The van der Waals surface area contributed by atoms with Crippen LogP contribution in [0.4, 0.5) is 0 Å². The third-order valence-electron chi connectivity index (χ3n) is 3.97. The zero-order valence-electron chi connectivity index (χ0n) is 11.5. The van der Waals surface area contributed by atoms with Crippen molar-refractivity contribution in [3.05, 3.63) is 24.2 Å². The second kappa shape index (κ2) is 6.95. The van der Waals surface area contributed by atoms with Crippen LogP contribution < -0.4 is 10.6 Å². The van der Waals surface area contributed by atoms with Gasteiger partial charge in [-0.15, -0.1) is 0 Å². The van der Waals surface area contributed by atoms with E-state index in [4.69, 9.17) is 4.42 Å². The van der Waals surface area contributed by atoms with E-state index in [0.717, 1.165) is 25.3 Å². The second-order valence-corrected chi connectivity index (χ2v) is 5.54. The SMILES string of the molecule is CCCC1(CNCCc2ccco2)CCCNC1. The summed E-state index contributed by atoms with van der Waals surface area (Å²) in [5.74, 6) is 1.08. The van der Waals surface area contributed by atoms with Crippen LogP contribution in [-0.2, 0) is 6.42 Å². The summed E-state index contributed by atoms with van der Waals surface area (Å²) in [5.41, 5.74) is 0.482. The predicted molar refractivity (Wildman–Crippen MR) is 74.7 cm³/mol. The van der Waals surface area contributed by atoms with Crippen molar-refractivity contribution in [2.24, 2.45) is 5.41 Å². The molecule has 2 rings (SSSR count). The van der Waals surface area contributed by atoms with Gasteiger partial charge in [-0.2, -0.15) is 0 Å². The van der Waals surface area contributed by atoms with Crippen LogP contribution in [0.2, 0.25) is 0 Å². The van der Waals surface area contributed by atoms with Crippen molar-refractivity contribution in [3.63, 3.8) is 0 Å². The zero-order chi connectivity index (χ0) is 12.7. The molecule has 2 N–H and O–H groups in total. The average Bonchev–Trinajstić information content (AvgIpc) is 2.89. The van der Waals surface area contributed by atoms with Gasteiger partial charge in [-0.05, 0) is 43.4 Å². The highest BCUT2D eigenvalue weighted by Gasteiger charge is 2.30. The Hall–Kier alpha value is -0.800. The molecule has 0 spiro atoms. The smallest absolute Gasteiger partial charge is 0.105 e. The lowest BCUT2D eigenvalue weighted by molar-refractivity contribution is 0.183. The molecule has 1 fully saturated rings. The van der Waals surface area contributed by atoms with Gasteiger partial charge in [-0.25, -0.2) is 0 Å². The van der Waals surface area contributed by atoms with E-state index in [0.29, 0.717) is 5.41 Å². The molecule has 0 amide bonds. The molecule has 1 aromatic rings. The molecular formula is C15H26N2O. The number of nitrogens with one attached hydrogen (secondary N) is 2. The molecule has 1 atom stereocenters. The molecule has 0 saturated carbocycles. The van der Waals surface area contributed by atoms with E-state index in [1.807, 2.05) is 12.1 Å². The second-order valence-electron chi connectivity index (χ2n) is 5.54. The molecule has 1 aromatic heterocycles. The fourth-order valence-electron chi connectivity index (χ4n) is 3.03. The molecular weight excluding hydrogens is 224 g/mol. The minimum atomic E-state index is 0.482. The van der Waals surface area contributed by atoms with Crippen molar-refractivity contribution in [1.82, 2.24) is 10.6 Å². The van der Waals surface area contributed by atoms with Gasteiger partial charge >= 0.3 is 0 Å². The van der Waals surface area contributed by atoms with Crippen LogP contribution in [0, 0.1) is 5.41 Å². The van der Waals surface area contributed by atoms with Crippen LogP contribution in [-0.4, -0.2) is 26.2 Å². The highest BCUT2D eigenvalue weighted by atomic mass is 16.3. The van der Waals surface area contributed by atoms with E-state index >= 15 is 0 Å². The maximum atomic E-state index is 5.35. The monoisotopic (exact) mass is 250 g/mol. The Morgan fingerprint density at radius 2 is 2.44 bits per heavy atom. The van der Waals surface area contributed by atoms with Gasteiger partial charge in [0.15, 0.2) is 0 Å². The van der Waals surface area contributed by atoms with Gasteiger partial charge in [0.2, 0.25) is 0 Å². The molecule has 1 saturated heterocycles. The maximum absolute atomic E-state index is 5.35. The standard InChI is InChI=1S/C15H26N2O/c1-2-7-15(8-4-9-16-12-15)13-17-10-6-14-5-3-11-18-14/h3,5,11,16-17H,2,4,6-10,12-13H2,1H3. The number of piperidine rings is 1. The van der Waals surface area contributed by atoms with E-state index < -0.39 is 0 Å².